The molecule has 0 saturated heterocycles. The fraction of sp³-hybridized carbons (Fsp3) is 0.300. The molecule has 0 aliphatic carbocycles. The van der Waals surface area contributed by atoms with Crippen molar-refractivity contribution in [3.63, 3.8) is 0 Å². The number of ether oxygens (including phenoxy) is 1. The van der Waals surface area contributed by atoms with Crippen molar-refractivity contribution < 1.29 is 9.53 Å². The second-order valence-electron chi connectivity index (χ2n) is 6.60. The molecule has 30 heavy (non-hydrogen) atoms. The fourth-order valence-electron chi connectivity index (χ4n) is 2.60. The summed E-state index contributed by atoms with van der Waals surface area (Å²) in [6, 6.07) is 10.2. The van der Waals surface area contributed by atoms with Crippen LogP contribution in [0.5, 0.6) is 5.75 Å². The van der Waals surface area contributed by atoms with Gasteiger partial charge in [-0.05, 0) is 75.4 Å². The number of guanidine groups is 1. The molecule has 0 aliphatic rings. The number of halogens is 4. The lowest BCUT2D eigenvalue weighted by Crippen LogP contribution is -2.35. The summed E-state index contributed by atoms with van der Waals surface area (Å²) in [7, 11) is 4.05. The summed E-state index contributed by atoms with van der Waals surface area (Å²) >= 11 is 12.4. The highest BCUT2D eigenvalue weighted by molar-refractivity contribution is 6.35. The van der Waals surface area contributed by atoms with E-state index in [1.165, 1.54) is 0 Å². The topological polar surface area (TPSA) is 91.4 Å². The third kappa shape index (κ3) is 8.98. The van der Waals surface area contributed by atoms with Crippen molar-refractivity contribution in [3.8, 4) is 16.9 Å². The first-order chi connectivity index (χ1) is 13.3. The molecular formula is C20H26Cl4N4O2. The van der Waals surface area contributed by atoms with Gasteiger partial charge in [0.2, 0.25) is 0 Å². The molecule has 10 heteroatoms. The van der Waals surface area contributed by atoms with E-state index in [4.69, 9.17) is 39.1 Å². The highest BCUT2D eigenvalue weighted by Gasteiger charge is 2.13. The maximum absolute atomic E-state index is 12.3. The van der Waals surface area contributed by atoms with Crippen LogP contribution in [0.1, 0.15) is 23.2 Å². The summed E-state index contributed by atoms with van der Waals surface area (Å²) in [5, 5.41) is 10.6. The average molecular weight is 496 g/mol. The van der Waals surface area contributed by atoms with Gasteiger partial charge in [0.1, 0.15) is 5.75 Å². The minimum Gasteiger partial charge on any atom is -0.494 e. The minimum absolute atomic E-state index is 0. The molecule has 0 bridgehead atoms. The van der Waals surface area contributed by atoms with Crippen LogP contribution in [0.2, 0.25) is 10.0 Å². The van der Waals surface area contributed by atoms with Crippen molar-refractivity contribution in [2.45, 2.75) is 12.8 Å². The van der Waals surface area contributed by atoms with Gasteiger partial charge in [-0.25, -0.2) is 0 Å². The van der Waals surface area contributed by atoms with E-state index in [1.807, 2.05) is 20.2 Å². The molecule has 0 spiro atoms. The maximum Gasteiger partial charge on any atom is 0.258 e. The number of rotatable bonds is 8. The van der Waals surface area contributed by atoms with Gasteiger partial charge in [0.25, 0.3) is 5.91 Å². The molecule has 0 heterocycles. The first-order valence-corrected chi connectivity index (χ1v) is 9.55. The number of carbonyl (C=O) groups excluding carboxylic acids is 1. The Morgan fingerprint density at radius 1 is 1.13 bits per heavy atom. The van der Waals surface area contributed by atoms with Gasteiger partial charge in [-0.1, -0.05) is 23.2 Å². The van der Waals surface area contributed by atoms with Crippen molar-refractivity contribution in [1.29, 1.82) is 5.41 Å². The van der Waals surface area contributed by atoms with Gasteiger partial charge in [-0.15, -0.1) is 24.8 Å². The Labute approximate surface area is 199 Å². The monoisotopic (exact) mass is 494 g/mol. The summed E-state index contributed by atoms with van der Waals surface area (Å²) in [6.45, 7) is 1.50. The standard InChI is InChI=1S/C20H24Cl2N4O2.2ClH/c1-26(2)7-3-4-8-28-16-10-13(17-12-15(21)5-6-18(17)22)9-14(11-16)19(27)25-20(23)24;;/h5-6,9-12H,3-4,7-8H2,1-2H3,(H4,23,24,25,27);2*1H. The number of unbranched alkanes of at least 4 members (excludes halogenated alkanes) is 1. The lowest BCUT2D eigenvalue weighted by molar-refractivity contribution is 0.0976. The Bertz CT molecular complexity index is 863. The number of amides is 1. The summed E-state index contributed by atoms with van der Waals surface area (Å²) in [4.78, 5) is 14.5. The van der Waals surface area contributed by atoms with Crippen molar-refractivity contribution in [3.05, 3.63) is 52.0 Å². The van der Waals surface area contributed by atoms with Crippen LogP contribution in [0, 0.1) is 5.41 Å². The molecule has 6 nitrogen and oxygen atoms in total. The lowest BCUT2D eigenvalue weighted by atomic mass is 10.0. The van der Waals surface area contributed by atoms with Crippen LogP contribution in [0.3, 0.4) is 0 Å². The Hall–Kier alpha value is -1.70. The molecular weight excluding hydrogens is 470 g/mol. The van der Waals surface area contributed by atoms with Crippen LogP contribution in [0.4, 0.5) is 0 Å². The molecule has 0 radical (unpaired) electrons. The van der Waals surface area contributed by atoms with Crippen molar-refractivity contribution >= 4 is 59.9 Å². The Kier molecular flexibility index (Phi) is 12.8. The zero-order valence-electron chi connectivity index (χ0n) is 16.7. The van der Waals surface area contributed by atoms with Crippen LogP contribution in [-0.4, -0.2) is 44.0 Å². The maximum atomic E-state index is 12.3. The van der Waals surface area contributed by atoms with E-state index in [1.54, 1.807) is 30.3 Å². The molecule has 0 fully saturated rings. The highest BCUT2D eigenvalue weighted by Crippen LogP contribution is 2.33. The largest absolute Gasteiger partial charge is 0.494 e. The number of hydrogen-bond acceptors (Lipinski definition) is 4. The van der Waals surface area contributed by atoms with Gasteiger partial charge in [0, 0.05) is 21.2 Å². The van der Waals surface area contributed by atoms with E-state index in [9.17, 15) is 4.79 Å². The van der Waals surface area contributed by atoms with E-state index in [0.717, 1.165) is 19.4 Å². The summed E-state index contributed by atoms with van der Waals surface area (Å²) in [5.74, 6) is -0.389. The minimum atomic E-state index is -0.495. The van der Waals surface area contributed by atoms with Crippen LogP contribution in [0.25, 0.3) is 11.1 Å². The highest BCUT2D eigenvalue weighted by atomic mass is 35.5. The lowest BCUT2D eigenvalue weighted by Gasteiger charge is -2.13. The molecule has 0 saturated carbocycles. The van der Waals surface area contributed by atoms with Crippen LogP contribution < -0.4 is 15.8 Å². The molecule has 0 atom stereocenters. The zero-order valence-corrected chi connectivity index (χ0v) is 19.9. The SMILES string of the molecule is CN(C)CCCCOc1cc(C(=O)NC(=N)N)cc(-c2cc(Cl)ccc2Cl)c1.Cl.Cl. The van der Waals surface area contributed by atoms with Crippen LogP contribution in [0.15, 0.2) is 36.4 Å². The van der Waals surface area contributed by atoms with E-state index in [-0.39, 0.29) is 24.8 Å². The number of carbonyl (C=O) groups is 1. The summed E-state index contributed by atoms with van der Waals surface area (Å²) < 4.78 is 5.86. The van der Waals surface area contributed by atoms with Crippen molar-refractivity contribution in [2.24, 2.45) is 5.73 Å². The van der Waals surface area contributed by atoms with Gasteiger partial charge in [-0.2, -0.15) is 0 Å². The van der Waals surface area contributed by atoms with E-state index < -0.39 is 11.9 Å². The normalized spacial score (nSPS) is 10.0. The van der Waals surface area contributed by atoms with Gasteiger partial charge in [0.15, 0.2) is 5.96 Å². The second kappa shape index (κ2) is 13.6. The fourth-order valence-corrected chi connectivity index (χ4v) is 3.00. The average Bonchev–Trinajstić information content (AvgIpc) is 2.62. The second-order valence-corrected chi connectivity index (χ2v) is 7.44. The number of nitrogens with zero attached hydrogens (tertiary/aromatic N) is 1. The quantitative estimate of drug-likeness (QED) is 0.277. The molecule has 166 valence electrons. The molecule has 4 N–H and O–H groups in total. The summed E-state index contributed by atoms with van der Waals surface area (Å²) in [6.07, 6.45) is 1.89. The van der Waals surface area contributed by atoms with Gasteiger partial charge in [0.05, 0.1) is 6.61 Å². The third-order valence-electron chi connectivity index (χ3n) is 3.92. The van der Waals surface area contributed by atoms with Gasteiger partial charge in [-0.3, -0.25) is 15.5 Å². The smallest absolute Gasteiger partial charge is 0.258 e. The number of nitrogens with two attached hydrogens (primary N) is 1. The van der Waals surface area contributed by atoms with Crippen LogP contribution >= 0.6 is 48.0 Å². The molecule has 2 aromatic carbocycles. The van der Waals surface area contributed by atoms with Crippen LogP contribution in [-0.2, 0) is 0 Å². The van der Waals surface area contributed by atoms with E-state index >= 15 is 0 Å². The van der Waals surface area contributed by atoms with Crippen molar-refractivity contribution in [1.82, 2.24) is 10.2 Å². The van der Waals surface area contributed by atoms with E-state index in [0.29, 0.717) is 39.1 Å². The molecule has 0 aromatic heterocycles. The molecule has 2 rings (SSSR count). The number of benzene rings is 2. The molecule has 1 amide bonds. The molecule has 2 aromatic rings. The third-order valence-corrected chi connectivity index (χ3v) is 4.49. The Morgan fingerprint density at radius 3 is 2.47 bits per heavy atom. The molecule has 0 unspecified atom stereocenters. The van der Waals surface area contributed by atoms with E-state index in [2.05, 4.69) is 10.2 Å². The van der Waals surface area contributed by atoms with Gasteiger partial charge < -0.3 is 15.4 Å². The number of nitrogens with one attached hydrogen (secondary N) is 2. The predicted octanol–water partition coefficient (Wildman–Crippen LogP) is 4.85. The first kappa shape index (κ1) is 28.3. The number of hydrogen-bond donors (Lipinski definition) is 3. The predicted molar refractivity (Wildman–Crippen MR) is 129 cm³/mol. The van der Waals surface area contributed by atoms with Crippen molar-refractivity contribution in [2.75, 3.05) is 27.2 Å². The first-order valence-electron chi connectivity index (χ1n) is 8.79. The summed E-state index contributed by atoms with van der Waals surface area (Å²) in [5.41, 5.74) is 6.96. The van der Waals surface area contributed by atoms with Gasteiger partial charge >= 0.3 is 0 Å². The Balaban J connectivity index is 0.00000420. The Morgan fingerprint density at radius 2 is 1.83 bits per heavy atom. The molecule has 0 aliphatic heterocycles. The zero-order chi connectivity index (χ0) is 20.7.